The number of benzene rings is 3. The Bertz CT molecular complexity index is 1040. The van der Waals surface area contributed by atoms with E-state index in [4.69, 9.17) is 4.74 Å². The van der Waals surface area contributed by atoms with Gasteiger partial charge in [0, 0.05) is 11.7 Å². The van der Waals surface area contributed by atoms with Crippen molar-refractivity contribution in [1.29, 1.82) is 0 Å². The second kappa shape index (κ2) is 6.76. The summed E-state index contributed by atoms with van der Waals surface area (Å²) in [5.74, 6) is -1.15. The van der Waals surface area contributed by atoms with E-state index in [0.29, 0.717) is 0 Å². The molecule has 0 fully saturated rings. The predicted molar refractivity (Wildman–Crippen MR) is 103 cm³/mol. The number of ether oxygens (including phenoxy) is 1. The van der Waals surface area contributed by atoms with Crippen LogP contribution in [-0.4, -0.2) is 29.6 Å². The number of nitrogens with zero attached hydrogens (tertiary/aromatic N) is 1. The van der Waals surface area contributed by atoms with Gasteiger partial charge in [0.15, 0.2) is 6.61 Å². The normalized spacial score (nSPS) is 15.6. The van der Waals surface area contributed by atoms with Gasteiger partial charge in [-0.25, -0.2) is 4.79 Å². The van der Waals surface area contributed by atoms with Crippen LogP contribution in [0, 0.1) is 0 Å². The summed E-state index contributed by atoms with van der Waals surface area (Å²) in [7, 11) is 0. The first-order valence-electron chi connectivity index (χ1n) is 8.83. The molecule has 136 valence electrons. The van der Waals surface area contributed by atoms with E-state index in [1.54, 1.807) is 11.0 Å². The highest BCUT2D eigenvalue weighted by molar-refractivity contribution is 6.01. The molecule has 1 amide bonds. The molecule has 0 bridgehead atoms. The number of anilines is 1. The van der Waals surface area contributed by atoms with Crippen LogP contribution in [0.3, 0.4) is 0 Å². The maximum absolute atomic E-state index is 12.6. The van der Waals surface area contributed by atoms with Crippen molar-refractivity contribution in [2.75, 3.05) is 11.5 Å². The van der Waals surface area contributed by atoms with Gasteiger partial charge in [0.25, 0.3) is 5.91 Å². The third-order valence-electron chi connectivity index (χ3n) is 4.89. The van der Waals surface area contributed by atoms with Crippen molar-refractivity contribution in [3.63, 3.8) is 0 Å². The molecule has 1 atom stereocenters. The number of rotatable bonds is 3. The molecule has 27 heavy (non-hydrogen) atoms. The molecule has 1 aliphatic heterocycles. The molecule has 0 spiro atoms. The lowest BCUT2D eigenvalue weighted by atomic mass is 10.1. The number of amides is 1. The summed E-state index contributed by atoms with van der Waals surface area (Å²) in [5.41, 5.74) is 2.02. The van der Waals surface area contributed by atoms with Crippen molar-refractivity contribution in [1.82, 2.24) is 0 Å². The Balaban J connectivity index is 1.50. The monoisotopic (exact) mass is 361 g/mol. The molecule has 0 radical (unpaired) electrons. The zero-order valence-electron chi connectivity index (χ0n) is 14.9. The minimum Gasteiger partial charge on any atom is -0.507 e. The molecular formula is C22H19NO4. The highest BCUT2D eigenvalue weighted by Crippen LogP contribution is 2.32. The molecule has 0 saturated carbocycles. The number of esters is 1. The van der Waals surface area contributed by atoms with Crippen molar-refractivity contribution in [3.8, 4) is 5.75 Å². The Kier molecular flexibility index (Phi) is 4.28. The van der Waals surface area contributed by atoms with Crippen LogP contribution in [0.4, 0.5) is 5.69 Å². The van der Waals surface area contributed by atoms with Crippen LogP contribution in [0.1, 0.15) is 22.8 Å². The average Bonchev–Trinajstić information content (AvgIpc) is 3.01. The number of phenols is 1. The van der Waals surface area contributed by atoms with Gasteiger partial charge < -0.3 is 14.7 Å². The number of fused-ring (bicyclic) bond motifs is 2. The van der Waals surface area contributed by atoms with Crippen LogP contribution in [0.2, 0.25) is 0 Å². The Morgan fingerprint density at radius 1 is 1.07 bits per heavy atom. The van der Waals surface area contributed by atoms with E-state index in [9.17, 15) is 14.7 Å². The third kappa shape index (κ3) is 3.12. The first-order chi connectivity index (χ1) is 13.0. The van der Waals surface area contributed by atoms with E-state index < -0.39 is 5.97 Å². The van der Waals surface area contributed by atoms with Gasteiger partial charge in [0.2, 0.25) is 0 Å². The van der Waals surface area contributed by atoms with Gasteiger partial charge in [-0.1, -0.05) is 42.5 Å². The fourth-order valence-corrected chi connectivity index (χ4v) is 3.61. The molecular weight excluding hydrogens is 342 g/mol. The third-order valence-corrected chi connectivity index (χ3v) is 4.89. The van der Waals surface area contributed by atoms with Crippen molar-refractivity contribution >= 4 is 28.3 Å². The number of hydrogen-bond acceptors (Lipinski definition) is 4. The minimum atomic E-state index is -0.716. The SMILES string of the molecule is CC1Cc2ccccc2N1C(=O)COC(=O)c1cc2ccccc2cc1O. The van der Waals surface area contributed by atoms with Crippen molar-refractivity contribution in [2.24, 2.45) is 0 Å². The van der Waals surface area contributed by atoms with Crippen LogP contribution >= 0.6 is 0 Å². The molecule has 0 aliphatic carbocycles. The number of hydrogen-bond donors (Lipinski definition) is 1. The Labute approximate surface area is 156 Å². The van der Waals surface area contributed by atoms with Gasteiger partial charge in [-0.3, -0.25) is 4.79 Å². The fraction of sp³-hybridized carbons (Fsp3) is 0.182. The van der Waals surface area contributed by atoms with Gasteiger partial charge in [-0.2, -0.15) is 0 Å². The lowest BCUT2D eigenvalue weighted by molar-refractivity contribution is -0.122. The number of carbonyl (C=O) groups excluding carboxylic acids is 2. The van der Waals surface area contributed by atoms with E-state index in [2.05, 4.69) is 0 Å². The van der Waals surface area contributed by atoms with Gasteiger partial charge in [-0.15, -0.1) is 0 Å². The molecule has 1 heterocycles. The summed E-state index contributed by atoms with van der Waals surface area (Å²) >= 11 is 0. The molecule has 5 heteroatoms. The first-order valence-corrected chi connectivity index (χ1v) is 8.83. The summed E-state index contributed by atoms with van der Waals surface area (Å²) in [5, 5.41) is 11.8. The highest BCUT2D eigenvalue weighted by atomic mass is 16.5. The molecule has 5 nitrogen and oxygen atoms in total. The van der Waals surface area contributed by atoms with E-state index in [1.807, 2.05) is 55.5 Å². The molecule has 4 rings (SSSR count). The number of aromatic hydroxyl groups is 1. The number of para-hydroxylation sites is 1. The van der Waals surface area contributed by atoms with Crippen LogP contribution < -0.4 is 4.90 Å². The Morgan fingerprint density at radius 3 is 2.52 bits per heavy atom. The average molecular weight is 361 g/mol. The smallest absolute Gasteiger partial charge is 0.342 e. The molecule has 0 saturated heterocycles. The number of carbonyl (C=O) groups is 2. The maximum atomic E-state index is 12.6. The van der Waals surface area contributed by atoms with Crippen LogP contribution in [-0.2, 0) is 16.0 Å². The fourth-order valence-electron chi connectivity index (χ4n) is 3.61. The maximum Gasteiger partial charge on any atom is 0.342 e. The Hall–Kier alpha value is -3.34. The summed E-state index contributed by atoms with van der Waals surface area (Å²) < 4.78 is 5.21. The zero-order valence-corrected chi connectivity index (χ0v) is 14.9. The zero-order chi connectivity index (χ0) is 19.0. The molecule has 0 aromatic heterocycles. The highest BCUT2D eigenvalue weighted by Gasteiger charge is 2.31. The molecule has 1 aliphatic rings. The van der Waals surface area contributed by atoms with E-state index in [1.165, 1.54) is 6.07 Å². The van der Waals surface area contributed by atoms with Crippen LogP contribution in [0.5, 0.6) is 5.75 Å². The summed E-state index contributed by atoms with van der Waals surface area (Å²) in [6.07, 6.45) is 0.779. The van der Waals surface area contributed by atoms with Crippen molar-refractivity contribution in [3.05, 3.63) is 71.8 Å². The lowest BCUT2D eigenvalue weighted by Gasteiger charge is -2.22. The minimum absolute atomic E-state index is 0.0164. The van der Waals surface area contributed by atoms with Gasteiger partial charge in [0.05, 0.1) is 0 Å². The van der Waals surface area contributed by atoms with Crippen molar-refractivity contribution in [2.45, 2.75) is 19.4 Å². The summed E-state index contributed by atoms with van der Waals surface area (Å²) in [4.78, 5) is 26.7. The van der Waals surface area contributed by atoms with E-state index in [0.717, 1.165) is 28.4 Å². The number of phenolic OH excluding ortho intramolecular Hbond substituents is 1. The topological polar surface area (TPSA) is 66.8 Å². The first kappa shape index (κ1) is 17.1. The van der Waals surface area contributed by atoms with Crippen LogP contribution in [0.15, 0.2) is 60.7 Å². The summed E-state index contributed by atoms with van der Waals surface area (Å²) in [6.45, 7) is 1.60. The van der Waals surface area contributed by atoms with Crippen molar-refractivity contribution < 1.29 is 19.4 Å². The second-order valence-electron chi connectivity index (χ2n) is 6.74. The lowest BCUT2D eigenvalue weighted by Crippen LogP contribution is -2.38. The molecule has 3 aromatic carbocycles. The van der Waals surface area contributed by atoms with Gasteiger partial charge in [0.1, 0.15) is 11.3 Å². The van der Waals surface area contributed by atoms with Gasteiger partial charge >= 0.3 is 5.97 Å². The van der Waals surface area contributed by atoms with Crippen LogP contribution in [0.25, 0.3) is 10.8 Å². The predicted octanol–water partition coefficient (Wildman–Crippen LogP) is 3.68. The largest absolute Gasteiger partial charge is 0.507 e. The summed E-state index contributed by atoms with van der Waals surface area (Å²) in [6, 6.07) is 18.2. The quantitative estimate of drug-likeness (QED) is 0.723. The Morgan fingerprint density at radius 2 is 1.74 bits per heavy atom. The molecule has 1 unspecified atom stereocenters. The standard InChI is InChI=1S/C22H19NO4/c1-14-10-17-8-4-5-9-19(17)23(14)21(25)13-27-22(26)18-11-15-6-2-3-7-16(15)12-20(18)24/h2-9,11-12,14,24H,10,13H2,1H3. The van der Waals surface area contributed by atoms with E-state index in [-0.39, 0.29) is 29.9 Å². The van der Waals surface area contributed by atoms with Gasteiger partial charge in [-0.05, 0) is 47.9 Å². The molecule has 1 N–H and O–H groups in total. The molecule has 3 aromatic rings. The second-order valence-corrected chi connectivity index (χ2v) is 6.74. The van der Waals surface area contributed by atoms with E-state index >= 15 is 0 Å².